The zero-order chi connectivity index (χ0) is 13.2. The van der Waals surface area contributed by atoms with Crippen LogP contribution in [0.4, 0.5) is 0 Å². The fourth-order valence-electron chi connectivity index (χ4n) is 3.07. The second-order valence-corrected chi connectivity index (χ2v) is 5.80. The van der Waals surface area contributed by atoms with Gasteiger partial charge in [0, 0.05) is 45.7 Å². The number of hydrogen-bond donors (Lipinski definition) is 1. The van der Waals surface area contributed by atoms with Crippen LogP contribution in [-0.4, -0.2) is 64.2 Å². The van der Waals surface area contributed by atoms with Gasteiger partial charge in [0.05, 0.1) is 18.0 Å². The number of fused-ring (bicyclic) bond motifs is 1. The summed E-state index contributed by atoms with van der Waals surface area (Å²) in [5.74, 6) is 1.15. The van der Waals surface area contributed by atoms with Crippen molar-refractivity contribution >= 4 is 0 Å². The number of piperazine rings is 1. The van der Waals surface area contributed by atoms with Crippen LogP contribution in [-0.2, 0) is 13.0 Å². The number of hydrogen-bond acceptors (Lipinski definition) is 4. The molecule has 1 aromatic rings. The second-order valence-electron chi connectivity index (χ2n) is 5.80. The lowest BCUT2D eigenvalue weighted by Gasteiger charge is -2.32. The third-order valence-corrected chi connectivity index (χ3v) is 4.42. The highest BCUT2D eigenvalue weighted by atomic mass is 16.3. The maximum Gasteiger partial charge on any atom is 0.110 e. The van der Waals surface area contributed by atoms with Gasteiger partial charge >= 0.3 is 0 Å². The molecule has 5 heteroatoms. The average molecular weight is 264 g/mol. The zero-order valence-corrected chi connectivity index (χ0v) is 11.8. The van der Waals surface area contributed by atoms with Crippen LogP contribution in [0.15, 0.2) is 6.20 Å². The highest BCUT2D eigenvalue weighted by molar-refractivity contribution is 5.11. The lowest BCUT2D eigenvalue weighted by molar-refractivity contribution is 0.137. The van der Waals surface area contributed by atoms with Gasteiger partial charge in [0.15, 0.2) is 0 Å². The van der Waals surface area contributed by atoms with E-state index < -0.39 is 0 Å². The Morgan fingerprint density at radius 1 is 1.26 bits per heavy atom. The maximum atomic E-state index is 9.94. The van der Waals surface area contributed by atoms with E-state index in [-0.39, 0.29) is 6.10 Å². The van der Waals surface area contributed by atoms with Crippen molar-refractivity contribution in [3.05, 3.63) is 17.7 Å². The first kappa shape index (κ1) is 13.1. The molecule has 3 heterocycles. The van der Waals surface area contributed by atoms with Gasteiger partial charge in [-0.05, 0) is 19.9 Å². The summed E-state index contributed by atoms with van der Waals surface area (Å²) < 4.78 is 2.23. The van der Waals surface area contributed by atoms with Crippen LogP contribution in [0.5, 0.6) is 0 Å². The smallest absolute Gasteiger partial charge is 0.110 e. The lowest BCUT2D eigenvalue weighted by Crippen LogP contribution is -2.45. The standard InChI is InChI=1S/C14H24N4O/c1-16-7-9-17(10-8-16)6-4-14-15-11-12-13(19)3-2-5-18(12)14/h11,13,19H,2-10H2,1H3. The van der Waals surface area contributed by atoms with Gasteiger partial charge in [-0.25, -0.2) is 4.98 Å². The minimum Gasteiger partial charge on any atom is -0.387 e. The van der Waals surface area contributed by atoms with Crippen LogP contribution < -0.4 is 0 Å². The topological polar surface area (TPSA) is 44.5 Å². The third-order valence-electron chi connectivity index (χ3n) is 4.42. The number of imidazole rings is 1. The Balaban J connectivity index is 1.58. The first-order valence-electron chi connectivity index (χ1n) is 7.37. The molecule has 5 nitrogen and oxygen atoms in total. The fourth-order valence-corrected chi connectivity index (χ4v) is 3.07. The fraction of sp³-hybridized carbons (Fsp3) is 0.786. The number of aliphatic hydroxyl groups is 1. The summed E-state index contributed by atoms with van der Waals surface area (Å²) in [6.07, 6.45) is 4.49. The van der Waals surface area contributed by atoms with E-state index in [1.165, 1.54) is 13.1 Å². The van der Waals surface area contributed by atoms with Crippen LogP contribution in [0.2, 0.25) is 0 Å². The molecule has 2 aliphatic rings. The van der Waals surface area contributed by atoms with Gasteiger partial charge in [-0.1, -0.05) is 0 Å². The summed E-state index contributed by atoms with van der Waals surface area (Å²) in [6.45, 7) is 6.75. The highest BCUT2D eigenvalue weighted by Gasteiger charge is 2.21. The molecule has 0 spiro atoms. The van der Waals surface area contributed by atoms with E-state index in [9.17, 15) is 5.11 Å². The molecule has 0 aliphatic carbocycles. The predicted octanol–water partition coefficient (Wildman–Crippen LogP) is 0.500. The molecular weight excluding hydrogens is 240 g/mol. The zero-order valence-electron chi connectivity index (χ0n) is 11.8. The molecule has 3 rings (SSSR count). The van der Waals surface area contributed by atoms with E-state index in [2.05, 4.69) is 26.4 Å². The minimum absolute atomic E-state index is 0.307. The molecule has 1 fully saturated rings. The van der Waals surface area contributed by atoms with E-state index in [1.807, 2.05) is 6.20 Å². The van der Waals surface area contributed by atoms with Gasteiger partial charge in [-0.2, -0.15) is 0 Å². The number of aliphatic hydroxyl groups excluding tert-OH is 1. The Morgan fingerprint density at radius 3 is 2.84 bits per heavy atom. The summed E-state index contributed by atoms with van der Waals surface area (Å²) in [7, 11) is 2.18. The Morgan fingerprint density at radius 2 is 2.05 bits per heavy atom. The van der Waals surface area contributed by atoms with Crippen LogP contribution >= 0.6 is 0 Å². The average Bonchev–Trinajstić information content (AvgIpc) is 2.83. The molecule has 1 atom stereocenters. The van der Waals surface area contributed by atoms with E-state index in [1.54, 1.807) is 0 Å². The van der Waals surface area contributed by atoms with Gasteiger partial charge in [0.25, 0.3) is 0 Å². The highest BCUT2D eigenvalue weighted by Crippen LogP contribution is 2.25. The van der Waals surface area contributed by atoms with Crippen molar-refractivity contribution in [1.29, 1.82) is 0 Å². The molecule has 1 N–H and O–H groups in total. The SMILES string of the molecule is CN1CCN(CCc2ncc3n2CCCC3O)CC1. The summed E-state index contributed by atoms with van der Waals surface area (Å²) in [4.78, 5) is 9.41. The summed E-state index contributed by atoms with van der Waals surface area (Å²) in [5.41, 5.74) is 1.01. The number of aromatic nitrogens is 2. The number of rotatable bonds is 3. The van der Waals surface area contributed by atoms with E-state index in [4.69, 9.17) is 0 Å². The number of nitrogens with zero attached hydrogens (tertiary/aromatic N) is 4. The molecule has 0 amide bonds. The van der Waals surface area contributed by atoms with Crippen molar-refractivity contribution < 1.29 is 5.11 Å². The van der Waals surface area contributed by atoms with Gasteiger partial charge in [-0.15, -0.1) is 0 Å². The van der Waals surface area contributed by atoms with Crippen molar-refractivity contribution in [3.63, 3.8) is 0 Å². The predicted molar refractivity (Wildman–Crippen MR) is 74.1 cm³/mol. The van der Waals surface area contributed by atoms with E-state index in [0.29, 0.717) is 0 Å². The van der Waals surface area contributed by atoms with Crippen molar-refractivity contribution in [3.8, 4) is 0 Å². The molecular formula is C14H24N4O. The largest absolute Gasteiger partial charge is 0.387 e. The summed E-state index contributed by atoms with van der Waals surface area (Å²) in [6, 6.07) is 0. The van der Waals surface area contributed by atoms with E-state index >= 15 is 0 Å². The summed E-state index contributed by atoms with van der Waals surface area (Å²) >= 11 is 0. The molecule has 106 valence electrons. The Kier molecular flexibility index (Phi) is 3.86. The van der Waals surface area contributed by atoms with Crippen LogP contribution in [0, 0.1) is 0 Å². The maximum absolute atomic E-state index is 9.94. The molecule has 1 saturated heterocycles. The van der Waals surface area contributed by atoms with Gasteiger partial charge < -0.3 is 19.5 Å². The van der Waals surface area contributed by atoms with Gasteiger partial charge in [0.1, 0.15) is 5.82 Å². The molecule has 0 bridgehead atoms. The lowest BCUT2D eigenvalue weighted by atomic mass is 10.1. The van der Waals surface area contributed by atoms with E-state index in [0.717, 1.165) is 57.0 Å². The monoisotopic (exact) mass is 264 g/mol. The quantitative estimate of drug-likeness (QED) is 0.863. The second kappa shape index (κ2) is 5.61. The Hall–Kier alpha value is -0.910. The van der Waals surface area contributed by atoms with Crippen LogP contribution in [0.1, 0.15) is 30.5 Å². The molecule has 0 saturated carbocycles. The number of likely N-dealkylation sites (N-methyl/N-ethyl adjacent to an activating group) is 1. The Labute approximate surface area is 114 Å². The Bertz CT molecular complexity index is 423. The van der Waals surface area contributed by atoms with Gasteiger partial charge in [0.2, 0.25) is 0 Å². The van der Waals surface area contributed by atoms with Crippen molar-refractivity contribution in [2.45, 2.75) is 31.9 Å². The van der Waals surface area contributed by atoms with Crippen LogP contribution in [0.3, 0.4) is 0 Å². The van der Waals surface area contributed by atoms with Gasteiger partial charge in [-0.3, -0.25) is 0 Å². The molecule has 1 aromatic heterocycles. The molecule has 2 aliphatic heterocycles. The van der Waals surface area contributed by atoms with Crippen molar-refractivity contribution in [2.24, 2.45) is 0 Å². The van der Waals surface area contributed by atoms with Crippen molar-refractivity contribution in [1.82, 2.24) is 19.4 Å². The normalized spacial score (nSPS) is 25.5. The first-order valence-corrected chi connectivity index (χ1v) is 7.37. The third kappa shape index (κ3) is 2.83. The molecule has 1 unspecified atom stereocenters. The molecule has 0 aromatic carbocycles. The minimum atomic E-state index is -0.307. The molecule has 0 radical (unpaired) electrons. The molecule has 19 heavy (non-hydrogen) atoms. The summed E-state index contributed by atoms with van der Waals surface area (Å²) in [5, 5.41) is 9.94. The van der Waals surface area contributed by atoms with Crippen LogP contribution in [0.25, 0.3) is 0 Å². The van der Waals surface area contributed by atoms with Crippen molar-refractivity contribution in [2.75, 3.05) is 39.8 Å². The first-order chi connectivity index (χ1) is 9.24.